The first-order valence-corrected chi connectivity index (χ1v) is 6.76. The molecule has 1 aromatic heterocycles. The second-order valence-electron chi connectivity index (χ2n) is 5.01. The van der Waals surface area contributed by atoms with Crippen LogP contribution < -0.4 is 11.1 Å². The normalized spacial score (nSPS) is 11.8. The molecule has 1 aromatic carbocycles. The number of aliphatic hydroxyl groups is 1. The van der Waals surface area contributed by atoms with Crippen molar-refractivity contribution in [3.63, 3.8) is 0 Å². The highest BCUT2D eigenvalue weighted by Crippen LogP contribution is 2.23. The highest BCUT2D eigenvalue weighted by atomic mass is 16.3. The van der Waals surface area contributed by atoms with E-state index in [0.717, 1.165) is 5.39 Å². The van der Waals surface area contributed by atoms with Crippen LogP contribution in [0.5, 0.6) is 0 Å². The van der Waals surface area contributed by atoms with Gasteiger partial charge in [-0.1, -0.05) is 13.8 Å². The molecule has 5 nitrogen and oxygen atoms in total. The highest BCUT2D eigenvalue weighted by molar-refractivity contribution is 5.97. The quantitative estimate of drug-likeness (QED) is 0.731. The van der Waals surface area contributed by atoms with Crippen LogP contribution in [0.3, 0.4) is 0 Å². The van der Waals surface area contributed by atoms with Gasteiger partial charge in [-0.2, -0.15) is 0 Å². The number of anilines is 1. The predicted molar refractivity (Wildman–Crippen MR) is 78.5 cm³/mol. The summed E-state index contributed by atoms with van der Waals surface area (Å²) in [4.78, 5) is 12.2. The standard InChI is InChI=1S/C15H20N2O3/c1-3-15(4-2,9-18)17-14(19)13-8-10-7-11(16)5-6-12(10)20-13/h5-8,18H,3-4,9,16H2,1-2H3,(H,17,19). The predicted octanol–water partition coefficient (Wildman–Crippen LogP) is 2.30. The first-order chi connectivity index (χ1) is 9.53. The van der Waals surface area contributed by atoms with Crippen LogP contribution in [0.1, 0.15) is 37.2 Å². The number of nitrogens with one attached hydrogen (secondary N) is 1. The summed E-state index contributed by atoms with van der Waals surface area (Å²) >= 11 is 0. The average Bonchev–Trinajstić information content (AvgIpc) is 2.88. The van der Waals surface area contributed by atoms with Crippen molar-refractivity contribution in [2.24, 2.45) is 0 Å². The number of hydrogen-bond donors (Lipinski definition) is 3. The zero-order chi connectivity index (χ0) is 14.8. The fourth-order valence-electron chi connectivity index (χ4n) is 2.17. The van der Waals surface area contributed by atoms with Gasteiger partial charge in [0.25, 0.3) is 5.91 Å². The SMILES string of the molecule is CCC(CC)(CO)NC(=O)c1cc2cc(N)ccc2o1. The summed E-state index contributed by atoms with van der Waals surface area (Å²) in [5, 5.41) is 13.1. The number of amides is 1. The first-order valence-electron chi connectivity index (χ1n) is 6.76. The molecule has 0 atom stereocenters. The molecule has 0 fully saturated rings. The molecule has 0 aliphatic heterocycles. The molecule has 20 heavy (non-hydrogen) atoms. The molecule has 0 radical (unpaired) electrons. The molecule has 0 unspecified atom stereocenters. The minimum absolute atomic E-state index is 0.0983. The molecular formula is C15H20N2O3. The minimum atomic E-state index is -0.602. The summed E-state index contributed by atoms with van der Waals surface area (Å²) < 4.78 is 5.51. The molecule has 0 aliphatic carbocycles. The summed E-state index contributed by atoms with van der Waals surface area (Å²) in [5.41, 5.74) is 6.34. The van der Waals surface area contributed by atoms with Gasteiger partial charge in [-0.25, -0.2) is 0 Å². The Kier molecular flexibility index (Phi) is 3.99. The van der Waals surface area contributed by atoms with E-state index in [1.54, 1.807) is 24.3 Å². The number of fused-ring (bicyclic) bond motifs is 1. The number of benzene rings is 1. The lowest BCUT2D eigenvalue weighted by molar-refractivity contribution is 0.0792. The first kappa shape index (κ1) is 14.4. The van der Waals surface area contributed by atoms with Crippen molar-refractivity contribution in [1.82, 2.24) is 5.32 Å². The second kappa shape index (κ2) is 5.54. The summed E-state index contributed by atoms with van der Waals surface area (Å²) in [6.07, 6.45) is 1.30. The van der Waals surface area contributed by atoms with Crippen molar-refractivity contribution in [2.75, 3.05) is 12.3 Å². The highest BCUT2D eigenvalue weighted by Gasteiger charge is 2.28. The van der Waals surface area contributed by atoms with Crippen molar-refractivity contribution in [3.8, 4) is 0 Å². The van der Waals surface area contributed by atoms with E-state index in [4.69, 9.17) is 10.2 Å². The van der Waals surface area contributed by atoms with Crippen LogP contribution in [0.2, 0.25) is 0 Å². The molecule has 0 spiro atoms. The van der Waals surface area contributed by atoms with Gasteiger partial charge in [-0.15, -0.1) is 0 Å². The molecular weight excluding hydrogens is 256 g/mol. The van der Waals surface area contributed by atoms with E-state index in [-0.39, 0.29) is 18.3 Å². The third-order valence-corrected chi connectivity index (χ3v) is 3.80. The third-order valence-electron chi connectivity index (χ3n) is 3.80. The van der Waals surface area contributed by atoms with E-state index in [1.807, 2.05) is 13.8 Å². The molecule has 0 saturated carbocycles. The smallest absolute Gasteiger partial charge is 0.287 e. The average molecular weight is 276 g/mol. The molecule has 2 aromatic rings. The molecule has 108 valence electrons. The Labute approximate surface area is 117 Å². The topological polar surface area (TPSA) is 88.5 Å². The van der Waals surface area contributed by atoms with E-state index in [1.165, 1.54) is 0 Å². The Bertz CT molecular complexity index is 606. The minimum Gasteiger partial charge on any atom is -0.451 e. The fourth-order valence-corrected chi connectivity index (χ4v) is 2.17. The van der Waals surface area contributed by atoms with Gasteiger partial charge in [0, 0.05) is 11.1 Å². The van der Waals surface area contributed by atoms with Crippen molar-refractivity contribution in [2.45, 2.75) is 32.2 Å². The zero-order valence-corrected chi connectivity index (χ0v) is 11.8. The van der Waals surface area contributed by atoms with Gasteiger partial charge < -0.3 is 20.6 Å². The van der Waals surface area contributed by atoms with Crippen molar-refractivity contribution >= 4 is 22.6 Å². The van der Waals surface area contributed by atoms with Gasteiger partial charge in [0.2, 0.25) is 0 Å². The van der Waals surface area contributed by atoms with Crippen LogP contribution in [0.25, 0.3) is 11.0 Å². The summed E-state index contributed by atoms with van der Waals surface area (Å²) in [7, 11) is 0. The lowest BCUT2D eigenvalue weighted by Crippen LogP contribution is -2.50. The van der Waals surface area contributed by atoms with Crippen LogP contribution in [0, 0.1) is 0 Å². The number of carbonyl (C=O) groups is 1. The van der Waals surface area contributed by atoms with Gasteiger partial charge in [-0.3, -0.25) is 4.79 Å². The Morgan fingerprint density at radius 3 is 2.65 bits per heavy atom. The maximum Gasteiger partial charge on any atom is 0.287 e. The molecule has 1 heterocycles. The zero-order valence-electron chi connectivity index (χ0n) is 11.8. The van der Waals surface area contributed by atoms with Crippen LogP contribution in [-0.2, 0) is 0 Å². The molecule has 0 saturated heterocycles. The molecule has 0 aliphatic rings. The molecule has 0 bridgehead atoms. The summed E-state index contributed by atoms with van der Waals surface area (Å²) in [6, 6.07) is 6.88. The Morgan fingerprint density at radius 1 is 1.35 bits per heavy atom. The van der Waals surface area contributed by atoms with Gasteiger partial charge >= 0.3 is 0 Å². The number of aliphatic hydroxyl groups excluding tert-OH is 1. The van der Waals surface area contributed by atoms with E-state index < -0.39 is 5.54 Å². The monoisotopic (exact) mass is 276 g/mol. The van der Waals surface area contributed by atoms with Gasteiger partial charge in [0.05, 0.1) is 12.1 Å². The van der Waals surface area contributed by atoms with E-state index in [0.29, 0.717) is 24.1 Å². The molecule has 5 heteroatoms. The van der Waals surface area contributed by atoms with Gasteiger partial charge in [0.15, 0.2) is 5.76 Å². The van der Waals surface area contributed by atoms with Crippen LogP contribution in [0.4, 0.5) is 5.69 Å². The maximum absolute atomic E-state index is 12.2. The van der Waals surface area contributed by atoms with Gasteiger partial charge in [0.1, 0.15) is 5.58 Å². The number of hydrogen-bond acceptors (Lipinski definition) is 4. The van der Waals surface area contributed by atoms with E-state index >= 15 is 0 Å². The number of nitrogen functional groups attached to an aromatic ring is 1. The summed E-state index contributed by atoms with van der Waals surface area (Å²) in [6.45, 7) is 3.76. The molecule has 1 amide bonds. The van der Waals surface area contributed by atoms with Crippen LogP contribution in [0.15, 0.2) is 28.7 Å². The lowest BCUT2D eigenvalue weighted by Gasteiger charge is -2.30. The van der Waals surface area contributed by atoms with E-state index in [9.17, 15) is 9.90 Å². The molecule has 4 N–H and O–H groups in total. The van der Waals surface area contributed by atoms with E-state index in [2.05, 4.69) is 5.32 Å². The number of rotatable bonds is 5. The fraction of sp³-hybridized carbons (Fsp3) is 0.400. The van der Waals surface area contributed by atoms with Crippen LogP contribution >= 0.6 is 0 Å². The summed E-state index contributed by atoms with van der Waals surface area (Å²) in [5.74, 6) is -0.0946. The van der Waals surface area contributed by atoms with Crippen molar-refractivity contribution in [1.29, 1.82) is 0 Å². The third kappa shape index (κ3) is 2.63. The Balaban J connectivity index is 2.27. The number of carbonyl (C=O) groups excluding carboxylic acids is 1. The second-order valence-corrected chi connectivity index (χ2v) is 5.01. The maximum atomic E-state index is 12.2. The number of furan rings is 1. The Hall–Kier alpha value is -2.01. The number of nitrogens with two attached hydrogens (primary N) is 1. The largest absolute Gasteiger partial charge is 0.451 e. The van der Waals surface area contributed by atoms with Crippen molar-refractivity contribution < 1.29 is 14.3 Å². The van der Waals surface area contributed by atoms with Gasteiger partial charge in [-0.05, 0) is 37.1 Å². The van der Waals surface area contributed by atoms with Crippen molar-refractivity contribution in [3.05, 3.63) is 30.0 Å². The molecule has 2 rings (SSSR count). The van der Waals surface area contributed by atoms with Crippen LogP contribution in [-0.4, -0.2) is 23.2 Å². The Morgan fingerprint density at radius 2 is 2.05 bits per heavy atom. The lowest BCUT2D eigenvalue weighted by atomic mass is 9.94.